The lowest BCUT2D eigenvalue weighted by atomic mass is 10.4. The van der Waals surface area contributed by atoms with Gasteiger partial charge in [0, 0.05) is 27.1 Å². The summed E-state index contributed by atoms with van der Waals surface area (Å²) >= 11 is 0. The lowest BCUT2D eigenvalue weighted by Gasteiger charge is -2.16. The Morgan fingerprint density at radius 2 is 1.95 bits per heavy atom. The summed E-state index contributed by atoms with van der Waals surface area (Å²) in [4.78, 5) is 26.6. The quantitative estimate of drug-likeness (QED) is 0.527. The molecular formula is C10H11F3N4O2. The van der Waals surface area contributed by atoms with Crippen molar-refractivity contribution in [3.05, 3.63) is 18.0 Å². The Balaban J connectivity index is 3.24. The van der Waals surface area contributed by atoms with Crippen molar-refractivity contribution in [3.8, 4) is 0 Å². The van der Waals surface area contributed by atoms with Crippen LogP contribution in [0.2, 0.25) is 0 Å². The van der Waals surface area contributed by atoms with E-state index in [1.807, 2.05) is 0 Å². The molecule has 9 heteroatoms. The number of alkyl halides is 3. The van der Waals surface area contributed by atoms with Gasteiger partial charge in [-0.3, -0.25) is 14.5 Å². The molecule has 0 bridgehead atoms. The Kier molecular flexibility index (Phi) is 4.07. The van der Waals surface area contributed by atoms with Gasteiger partial charge in [-0.1, -0.05) is 0 Å². The molecule has 0 aliphatic carbocycles. The van der Waals surface area contributed by atoms with Crippen molar-refractivity contribution in [1.82, 2.24) is 14.7 Å². The van der Waals surface area contributed by atoms with E-state index in [-0.39, 0.29) is 5.96 Å². The number of amides is 2. The molecule has 19 heavy (non-hydrogen) atoms. The van der Waals surface area contributed by atoms with Crippen LogP contribution < -0.4 is 0 Å². The van der Waals surface area contributed by atoms with Crippen molar-refractivity contribution in [2.24, 2.45) is 4.99 Å². The molecule has 6 nitrogen and oxygen atoms in total. The number of halogens is 3. The van der Waals surface area contributed by atoms with Crippen LogP contribution in [0.5, 0.6) is 0 Å². The predicted octanol–water partition coefficient (Wildman–Crippen LogP) is 1.13. The molecule has 0 aliphatic heterocycles. The van der Waals surface area contributed by atoms with Gasteiger partial charge in [0.1, 0.15) is 0 Å². The standard InChI is InChI=1S/C10H11F3N4O2/c1-6(18)15-9(16(3)7(2)19)17-5-8(4-14-17)10(11,12)13/h4-5H,1-3H3. The van der Waals surface area contributed by atoms with Gasteiger partial charge in [0.2, 0.25) is 17.8 Å². The van der Waals surface area contributed by atoms with Crippen LogP contribution in [0.1, 0.15) is 19.4 Å². The molecule has 0 fully saturated rings. The van der Waals surface area contributed by atoms with E-state index in [2.05, 4.69) is 10.1 Å². The van der Waals surface area contributed by atoms with Crippen LogP contribution in [-0.2, 0) is 15.8 Å². The van der Waals surface area contributed by atoms with E-state index in [4.69, 9.17) is 0 Å². The zero-order valence-corrected chi connectivity index (χ0v) is 10.4. The van der Waals surface area contributed by atoms with Crippen LogP contribution in [-0.4, -0.2) is 39.5 Å². The highest BCUT2D eigenvalue weighted by molar-refractivity contribution is 6.01. The molecule has 0 N–H and O–H groups in total. The summed E-state index contributed by atoms with van der Waals surface area (Å²) in [6.45, 7) is 2.30. The van der Waals surface area contributed by atoms with E-state index in [1.165, 1.54) is 14.0 Å². The second-order valence-corrected chi connectivity index (χ2v) is 3.68. The Hall–Kier alpha value is -2.19. The molecule has 0 spiro atoms. The van der Waals surface area contributed by atoms with Crippen molar-refractivity contribution in [2.75, 3.05) is 7.05 Å². The molecule has 0 atom stereocenters. The second-order valence-electron chi connectivity index (χ2n) is 3.68. The summed E-state index contributed by atoms with van der Waals surface area (Å²) in [5.74, 6) is -1.45. The van der Waals surface area contributed by atoms with Gasteiger partial charge in [-0.2, -0.15) is 23.3 Å². The molecule has 0 saturated heterocycles. The zero-order valence-electron chi connectivity index (χ0n) is 10.4. The largest absolute Gasteiger partial charge is 0.419 e. The topological polar surface area (TPSA) is 67.6 Å². The summed E-state index contributed by atoms with van der Waals surface area (Å²) in [6, 6.07) is 0. The smallest absolute Gasteiger partial charge is 0.284 e. The molecule has 1 heterocycles. The fourth-order valence-corrected chi connectivity index (χ4v) is 1.14. The molecule has 0 aliphatic rings. The van der Waals surface area contributed by atoms with Gasteiger partial charge in [-0.15, -0.1) is 0 Å². The van der Waals surface area contributed by atoms with Crippen molar-refractivity contribution in [3.63, 3.8) is 0 Å². The molecule has 104 valence electrons. The van der Waals surface area contributed by atoms with Crippen molar-refractivity contribution in [1.29, 1.82) is 0 Å². The minimum atomic E-state index is -4.56. The number of nitrogens with zero attached hydrogens (tertiary/aromatic N) is 4. The Morgan fingerprint density at radius 1 is 1.37 bits per heavy atom. The first-order valence-corrected chi connectivity index (χ1v) is 5.08. The third kappa shape index (κ3) is 3.63. The molecular weight excluding hydrogens is 265 g/mol. The van der Waals surface area contributed by atoms with E-state index in [9.17, 15) is 22.8 Å². The zero-order chi connectivity index (χ0) is 14.8. The first-order chi connectivity index (χ1) is 8.62. The van der Waals surface area contributed by atoms with E-state index in [0.717, 1.165) is 16.5 Å². The van der Waals surface area contributed by atoms with Crippen molar-refractivity contribution >= 4 is 17.8 Å². The van der Waals surface area contributed by atoms with Gasteiger partial charge in [0.25, 0.3) is 0 Å². The predicted molar refractivity (Wildman–Crippen MR) is 59.2 cm³/mol. The number of aromatic nitrogens is 2. The molecule has 2 amide bonds. The number of aliphatic imine (C=N–C) groups is 1. The van der Waals surface area contributed by atoms with Crippen LogP contribution in [0.25, 0.3) is 0 Å². The highest BCUT2D eigenvalue weighted by atomic mass is 19.4. The maximum atomic E-state index is 12.4. The minimum Gasteiger partial charge on any atom is -0.284 e. The lowest BCUT2D eigenvalue weighted by Crippen LogP contribution is -2.37. The van der Waals surface area contributed by atoms with Gasteiger partial charge in [0.15, 0.2) is 0 Å². The fourth-order valence-electron chi connectivity index (χ4n) is 1.14. The number of hydrogen-bond donors (Lipinski definition) is 0. The molecule has 0 radical (unpaired) electrons. The number of hydrogen-bond acceptors (Lipinski definition) is 3. The van der Waals surface area contributed by atoms with Crippen LogP contribution >= 0.6 is 0 Å². The third-order valence-corrected chi connectivity index (χ3v) is 2.14. The normalized spacial score (nSPS) is 12.4. The summed E-state index contributed by atoms with van der Waals surface area (Å²) in [6.07, 6.45) is -3.32. The molecule has 0 unspecified atom stereocenters. The van der Waals surface area contributed by atoms with Gasteiger partial charge in [-0.25, -0.2) is 4.68 Å². The maximum Gasteiger partial charge on any atom is 0.419 e. The Labute approximate surface area is 106 Å². The summed E-state index contributed by atoms with van der Waals surface area (Å²) in [7, 11) is 1.28. The second kappa shape index (κ2) is 5.21. The molecule has 0 saturated carbocycles. The average molecular weight is 276 g/mol. The van der Waals surface area contributed by atoms with Crippen molar-refractivity contribution in [2.45, 2.75) is 20.0 Å². The summed E-state index contributed by atoms with van der Waals surface area (Å²) < 4.78 is 38.1. The molecule has 0 aromatic carbocycles. The average Bonchev–Trinajstić information content (AvgIpc) is 2.73. The lowest BCUT2D eigenvalue weighted by molar-refractivity contribution is -0.137. The molecule has 1 aromatic rings. The van der Waals surface area contributed by atoms with E-state index in [1.54, 1.807) is 0 Å². The number of rotatable bonds is 0. The fraction of sp³-hybridized carbons (Fsp3) is 0.400. The highest BCUT2D eigenvalue weighted by Crippen LogP contribution is 2.28. The van der Waals surface area contributed by atoms with E-state index >= 15 is 0 Å². The molecule has 1 aromatic heterocycles. The molecule has 1 rings (SSSR count). The Bertz CT molecular complexity index is 533. The van der Waals surface area contributed by atoms with Crippen LogP contribution in [0.3, 0.4) is 0 Å². The number of carbonyl (C=O) groups is 2. The van der Waals surface area contributed by atoms with E-state index < -0.39 is 23.6 Å². The first kappa shape index (κ1) is 14.9. The van der Waals surface area contributed by atoms with E-state index in [0.29, 0.717) is 12.4 Å². The van der Waals surface area contributed by atoms with Crippen LogP contribution in [0.4, 0.5) is 13.2 Å². The van der Waals surface area contributed by atoms with Gasteiger partial charge in [0.05, 0.1) is 11.8 Å². The minimum absolute atomic E-state index is 0.296. The van der Waals surface area contributed by atoms with Crippen molar-refractivity contribution < 1.29 is 22.8 Å². The monoisotopic (exact) mass is 276 g/mol. The van der Waals surface area contributed by atoms with Crippen LogP contribution in [0, 0.1) is 0 Å². The maximum absolute atomic E-state index is 12.4. The SMILES string of the molecule is CC(=O)N=C(N(C)C(C)=O)n1cc(C(F)(F)F)cn1. The highest BCUT2D eigenvalue weighted by Gasteiger charge is 2.33. The first-order valence-electron chi connectivity index (χ1n) is 5.08. The Morgan fingerprint density at radius 3 is 2.32 bits per heavy atom. The summed E-state index contributed by atoms with van der Waals surface area (Å²) in [5.41, 5.74) is -0.999. The third-order valence-electron chi connectivity index (χ3n) is 2.14. The van der Waals surface area contributed by atoms with Gasteiger partial charge < -0.3 is 0 Å². The van der Waals surface area contributed by atoms with Gasteiger partial charge >= 0.3 is 6.18 Å². The number of carbonyl (C=O) groups excluding carboxylic acids is 2. The summed E-state index contributed by atoms with van der Waals surface area (Å²) in [5, 5.41) is 3.46. The van der Waals surface area contributed by atoms with Crippen LogP contribution in [0.15, 0.2) is 17.4 Å². The van der Waals surface area contributed by atoms with Gasteiger partial charge in [-0.05, 0) is 0 Å².